The number of amides is 4. The molecule has 4 rings (SSSR count). The summed E-state index contributed by atoms with van der Waals surface area (Å²) >= 11 is 0. The highest BCUT2D eigenvalue weighted by molar-refractivity contribution is 6.04. The number of ether oxygens (including phenoxy) is 3. The normalized spacial score (nSPS) is 15.3. The number of carbonyl (C=O) groups excluding carboxylic acids is 3. The summed E-state index contributed by atoms with van der Waals surface area (Å²) in [5.74, 6) is 0.603. The summed E-state index contributed by atoms with van der Waals surface area (Å²) in [5.41, 5.74) is 2.51. The second-order valence-corrected chi connectivity index (χ2v) is 8.10. The van der Waals surface area contributed by atoms with E-state index in [1.807, 2.05) is 30.5 Å². The van der Waals surface area contributed by atoms with Crippen molar-refractivity contribution in [1.82, 2.24) is 15.2 Å². The van der Waals surface area contributed by atoms with Crippen molar-refractivity contribution >= 4 is 34.4 Å². The quantitative estimate of drug-likeness (QED) is 0.384. The number of aromatic amines is 1. The molecule has 1 unspecified atom stereocenters. The van der Waals surface area contributed by atoms with E-state index in [0.717, 1.165) is 16.5 Å². The Labute approximate surface area is 202 Å². The fourth-order valence-corrected chi connectivity index (χ4v) is 4.21. The largest absolute Gasteiger partial charge is 0.493 e. The van der Waals surface area contributed by atoms with Crippen molar-refractivity contribution in [1.29, 1.82) is 0 Å². The molecule has 1 fully saturated rings. The SMILES string of the molecule is COc1cc(NC(=O)CCC2NC(=O)N(CCc3c[nH]c4ccccc34)C2=O)cc(OC)c1OC. The number of anilines is 1. The molecule has 4 amide bonds. The summed E-state index contributed by atoms with van der Waals surface area (Å²) in [4.78, 5) is 42.1. The lowest BCUT2D eigenvalue weighted by Gasteiger charge is -2.15. The van der Waals surface area contributed by atoms with E-state index in [-0.39, 0.29) is 31.2 Å². The van der Waals surface area contributed by atoms with Gasteiger partial charge < -0.3 is 29.8 Å². The van der Waals surface area contributed by atoms with Crippen molar-refractivity contribution in [3.63, 3.8) is 0 Å². The number of methoxy groups -OCH3 is 3. The van der Waals surface area contributed by atoms with Crippen molar-refractivity contribution in [2.45, 2.75) is 25.3 Å². The lowest BCUT2D eigenvalue weighted by Crippen LogP contribution is -2.33. The minimum Gasteiger partial charge on any atom is -0.493 e. The number of nitrogens with one attached hydrogen (secondary N) is 3. The Morgan fingerprint density at radius 2 is 1.77 bits per heavy atom. The van der Waals surface area contributed by atoms with Crippen LogP contribution in [0.1, 0.15) is 18.4 Å². The van der Waals surface area contributed by atoms with Crippen molar-refractivity contribution < 1.29 is 28.6 Å². The Hall–Kier alpha value is -4.21. The number of rotatable bonds is 10. The maximum absolute atomic E-state index is 12.8. The van der Waals surface area contributed by atoms with E-state index in [4.69, 9.17) is 14.2 Å². The number of hydrogen-bond donors (Lipinski definition) is 3. The molecule has 1 aliphatic heterocycles. The number of hydrogen-bond acceptors (Lipinski definition) is 6. The van der Waals surface area contributed by atoms with Gasteiger partial charge in [-0.2, -0.15) is 0 Å². The molecule has 0 spiro atoms. The summed E-state index contributed by atoms with van der Waals surface area (Å²) < 4.78 is 15.9. The lowest BCUT2D eigenvalue weighted by molar-refractivity contribution is -0.127. The van der Waals surface area contributed by atoms with Crippen LogP contribution in [0.3, 0.4) is 0 Å². The average molecular weight is 481 g/mol. The number of para-hydroxylation sites is 1. The zero-order valence-electron chi connectivity index (χ0n) is 19.8. The molecule has 1 atom stereocenters. The predicted octanol–water partition coefficient (Wildman–Crippen LogP) is 3.08. The highest BCUT2D eigenvalue weighted by Crippen LogP contribution is 2.40. The van der Waals surface area contributed by atoms with Crippen molar-refractivity contribution in [2.24, 2.45) is 0 Å². The third-order valence-corrected chi connectivity index (χ3v) is 6.00. The number of carbonyl (C=O) groups is 3. The second kappa shape index (κ2) is 10.4. The van der Waals surface area contributed by atoms with Gasteiger partial charge in [-0.05, 0) is 24.5 Å². The van der Waals surface area contributed by atoms with Gasteiger partial charge in [0.1, 0.15) is 6.04 Å². The standard InChI is InChI=1S/C25H28N4O6/c1-33-20-12-16(13-21(34-2)23(20)35-3)27-22(30)9-8-19-24(31)29(25(32)28-19)11-10-15-14-26-18-7-5-4-6-17(15)18/h4-7,12-14,19,26H,8-11H2,1-3H3,(H,27,30)(H,28,32). The molecule has 184 valence electrons. The van der Waals surface area contributed by atoms with Crippen molar-refractivity contribution in [2.75, 3.05) is 33.2 Å². The zero-order valence-corrected chi connectivity index (χ0v) is 19.8. The second-order valence-electron chi connectivity index (χ2n) is 8.10. The Kier molecular flexibility index (Phi) is 7.09. The topological polar surface area (TPSA) is 122 Å². The van der Waals surface area contributed by atoms with E-state index in [2.05, 4.69) is 15.6 Å². The summed E-state index contributed by atoms with van der Waals surface area (Å²) in [6.45, 7) is 0.265. The van der Waals surface area contributed by atoms with E-state index < -0.39 is 12.1 Å². The smallest absolute Gasteiger partial charge is 0.324 e. The third kappa shape index (κ3) is 5.01. The Morgan fingerprint density at radius 3 is 2.46 bits per heavy atom. The molecule has 2 heterocycles. The molecule has 0 saturated carbocycles. The van der Waals surface area contributed by atoms with Gasteiger partial charge in [0.25, 0.3) is 5.91 Å². The van der Waals surface area contributed by atoms with Gasteiger partial charge >= 0.3 is 6.03 Å². The highest BCUT2D eigenvalue weighted by Gasteiger charge is 2.37. The summed E-state index contributed by atoms with van der Waals surface area (Å²) in [5, 5.41) is 6.52. The van der Waals surface area contributed by atoms with Crippen molar-refractivity contribution in [3.8, 4) is 17.2 Å². The zero-order chi connectivity index (χ0) is 24.9. The van der Waals surface area contributed by atoms with Crippen LogP contribution in [0.15, 0.2) is 42.6 Å². The number of aromatic nitrogens is 1. The van der Waals surface area contributed by atoms with Gasteiger partial charge in [-0.25, -0.2) is 4.79 Å². The van der Waals surface area contributed by atoms with Gasteiger partial charge in [-0.1, -0.05) is 18.2 Å². The van der Waals surface area contributed by atoms with Gasteiger partial charge in [0, 0.05) is 47.9 Å². The maximum atomic E-state index is 12.8. The monoisotopic (exact) mass is 480 g/mol. The molecule has 0 aliphatic carbocycles. The highest BCUT2D eigenvalue weighted by atomic mass is 16.5. The van der Waals surface area contributed by atoms with Gasteiger partial charge in [-0.15, -0.1) is 0 Å². The first-order chi connectivity index (χ1) is 16.9. The molecule has 3 N–H and O–H groups in total. The van der Waals surface area contributed by atoms with Gasteiger partial charge in [0.05, 0.1) is 21.3 Å². The first kappa shape index (κ1) is 23.9. The molecule has 3 aromatic rings. The van der Waals surface area contributed by atoms with Crippen LogP contribution >= 0.6 is 0 Å². The average Bonchev–Trinajstić information content (AvgIpc) is 3.40. The summed E-state index contributed by atoms with van der Waals surface area (Å²) in [7, 11) is 4.47. The fraction of sp³-hybridized carbons (Fsp3) is 0.320. The van der Waals surface area contributed by atoms with Crippen LogP contribution < -0.4 is 24.8 Å². The number of nitrogens with zero attached hydrogens (tertiary/aromatic N) is 1. The summed E-state index contributed by atoms with van der Waals surface area (Å²) in [6, 6.07) is 9.94. The first-order valence-corrected chi connectivity index (χ1v) is 11.2. The van der Waals surface area contributed by atoms with Crippen LogP contribution in [0.25, 0.3) is 10.9 Å². The molecule has 2 aromatic carbocycles. The summed E-state index contributed by atoms with van der Waals surface area (Å²) in [6.07, 6.45) is 2.67. The lowest BCUT2D eigenvalue weighted by atomic mass is 10.1. The number of urea groups is 1. The molecule has 1 aliphatic rings. The van der Waals surface area contributed by atoms with Gasteiger partial charge in [0.15, 0.2) is 11.5 Å². The van der Waals surface area contributed by atoms with E-state index in [1.54, 1.807) is 12.1 Å². The number of fused-ring (bicyclic) bond motifs is 1. The number of benzene rings is 2. The molecule has 0 bridgehead atoms. The molecular weight excluding hydrogens is 452 g/mol. The Bertz CT molecular complexity index is 1230. The molecular formula is C25H28N4O6. The van der Waals surface area contributed by atoms with Crippen molar-refractivity contribution in [3.05, 3.63) is 48.2 Å². The van der Waals surface area contributed by atoms with E-state index in [1.165, 1.54) is 26.2 Å². The fourth-order valence-electron chi connectivity index (χ4n) is 4.21. The Morgan fingerprint density at radius 1 is 1.06 bits per heavy atom. The molecule has 1 aromatic heterocycles. The minimum absolute atomic E-state index is 0.0453. The van der Waals surface area contributed by atoms with Crippen LogP contribution in [0.2, 0.25) is 0 Å². The third-order valence-electron chi connectivity index (χ3n) is 6.00. The van der Waals surface area contributed by atoms with E-state index in [9.17, 15) is 14.4 Å². The maximum Gasteiger partial charge on any atom is 0.324 e. The van der Waals surface area contributed by atoms with Gasteiger partial charge in [-0.3, -0.25) is 14.5 Å². The van der Waals surface area contributed by atoms with Crippen LogP contribution in [0, 0.1) is 0 Å². The van der Waals surface area contributed by atoms with Crippen LogP contribution in [-0.2, 0) is 16.0 Å². The number of imide groups is 1. The molecule has 35 heavy (non-hydrogen) atoms. The minimum atomic E-state index is -0.740. The molecule has 0 radical (unpaired) electrons. The van der Waals surface area contributed by atoms with E-state index >= 15 is 0 Å². The van der Waals surface area contributed by atoms with Gasteiger partial charge in [0.2, 0.25) is 11.7 Å². The molecule has 10 nitrogen and oxygen atoms in total. The first-order valence-electron chi connectivity index (χ1n) is 11.2. The predicted molar refractivity (Wildman–Crippen MR) is 130 cm³/mol. The Balaban J connectivity index is 1.32. The van der Waals surface area contributed by atoms with Crippen LogP contribution in [0.4, 0.5) is 10.5 Å². The molecule has 1 saturated heterocycles. The van der Waals surface area contributed by atoms with Crippen LogP contribution in [0.5, 0.6) is 17.2 Å². The molecule has 10 heteroatoms. The van der Waals surface area contributed by atoms with E-state index in [0.29, 0.717) is 29.4 Å². The number of H-pyrrole nitrogens is 1. The van der Waals surface area contributed by atoms with Crippen LogP contribution in [-0.4, -0.2) is 61.6 Å².